The lowest BCUT2D eigenvalue weighted by atomic mass is 10.1. The molecule has 0 atom stereocenters. The van der Waals surface area contributed by atoms with E-state index in [0.717, 1.165) is 23.0 Å². The summed E-state index contributed by atoms with van der Waals surface area (Å²) < 4.78 is 11.4. The Balaban J connectivity index is 0.00000441. The van der Waals surface area contributed by atoms with Gasteiger partial charge in [0.05, 0.1) is 25.2 Å². The number of nitrogens with one attached hydrogen (secondary N) is 1. The molecular formula is C15H25BrIN3O2. The van der Waals surface area contributed by atoms with Gasteiger partial charge in [0, 0.05) is 6.54 Å². The van der Waals surface area contributed by atoms with Gasteiger partial charge in [0.25, 0.3) is 0 Å². The van der Waals surface area contributed by atoms with Crippen molar-refractivity contribution in [1.29, 1.82) is 0 Å². The first-order chi connectivity index (χ1) is 9.97. The zero-order valence-corrected chi connectivity index (χ0v) is 17.4. The zero-order chi connectivity index (χ0) is 15.8. The number of hydrogen-bond acceptors (Lipinski definition) is 3. The number of guanidine groups is 1. The van der Waals surface area contributed by atoms with Crippen LogP contribution >= 0.6 is 39.9 Å². The number of benzene rings is 1. The maximum absolute atomic E-state index is 5.84. The van der Waals surface area contributed by atoms with Crippen LogP contribution in [-0.2, 0) is 6.54 Å². The molecule has 3 N–H and O–H groups in total. The van der Waals surface area contributed by atoms with Gasteiger partial charge in [0.2, 0.25) is 0 Å². The van der Waals surface area contributed by atoms with Crippen molar-refractivity contribution in [3.8, 4) is 11.5 Å². The molecule has 0 aliphatic carbocycles. The summed E-state index contributed by atoms with van der Waals surface area (Å²) in [7, 11) is 3.22. The first-order valence-electron chi connectivity index (χ1n) is 6.92. The van der Waals surface area contributed by atoms with Crippen LogP contribution in [0.5, 0.6) is 11.5 Å². The van der Waals surface area contributed by atoms with Gasteiger partial charge in [-0.25, -0.2) is 4.99 Å². The number of hydrogen-bond donors (Lipinski definition) is 2. The maximum atomic E-state index is 5.84. The molecule has 7 heteroatoms. The van der Waals surface area contributed by atoms with Crippen molar-refractivity contribution in [3.05, 3.63) is 22.2 Å². The summed E-state index contributed by atoms with van der Waals surface area (Å²) in [6.45, 7) is 5.68. The van der Waals surface area contributed by atoms with Crippen LogP contribution in [0.3, 0.4) is 0 Å². The largest absolute Gasteiger partial charge is 0.493 e. The van der Waals surface area contributed by atoms with Gasteiger partial charge in [-0.05, 0) is 46.0 Å². The molecule has 0 amide bonds. The van der Waals surface area contributed by atoms with Crippen molar-refractivity contribution in [2.75, 3.05) is 20.8 Å². The van der Waals surface area contributed by atoms with Crippen molar-refractivity contribution in [2.24, 2.45) is 16.6 Å². The van der Waals surface area contributed by atoms with Crippen molar-refractivity contribution in [3.63, 3.8) is 0 Å². The van der Waals surface area contributed by atoms with Gasteiger partial charge in [0.1, 0.15) is 0 Å². The lowest BCUT2D eigenvalue weighted by molar-refractivity contribution is 0.352. The van der Waals surface area contributed by atoms with Gasteiger partial charge >= 0.3 is 0 Å². The van der Waals surface area contributed by atoms with Gasteiger partial charge in [-0.15, -0.1) is 24.0 Å². The first kappa shape index (κ1) is 21.3. The Labute approximate surface area is 158 Å². The molecule has 5 nitrogen and oxygen atoms in total. The first-order valence-corrected chi connectivity index (χ1v) is 7.71. The second kappa shape index (κ2) is 10.9. The molecule has 0 aromatic heterocycles. The van der Waals surface area contributed by atoms with E-state index in [1.165, 1.54) is 0 Å². The van der Waals surface area contributed by atoms with E-state index in [1.54, 1.807) is 14.2 Å². The van der Waals surface area contributed by atoms with E-state index >= 15 is 0 Å². The predicted octanol–water partition coefficient (Wildman–Crippen LogP) is 3.53. The van der Waals surface area contributed by atoms with E-state index in [2.05, 4.69) is 40.1 Å². The monoisotopic (exact) mass is 485 g/mol. The lowest BCUT2D eigenvalue weighted by Gasteiger charge is -2.11. The fourth-order valence-corrected chi connectivity index (χ4v) is 2.44. The highest BCUT2D eigenvalue weighted by Crippen LogP contribution is 2.36. The minimum atomic E-state index is 0. The Kier molecular flexibility index (Phi) is 10.6. The van der Waals surface area contributed by atoms with Crippen molar-refractivity contribution in [2.45, 2.75) is 26.8 Å². The van der Waals surface area contributed by atoms with E-state index in [-0.39, 0.29) is 24.0 Å². The molecular weight excluding hydrogens is 461 g/mol. The topological polar surface area (TPSA) is 68.9 Å². The number of ether oxygens (including phenoxy) is 2. The van der Waals surface area contributed by atoms with Crippen LogP contribution in [0.1, 0.15) is 25.8 Å². The fourth-order valence-electron chi connectivity index (χ4n) is 1.78. The van der Waals surface area contributed by atoms with Crippen LogP contribution in [0.4, 0.5) is 0 Å². The number of nitrogens with two attached hydrogens (primary N) is 1. The number of aliphatic imine (C=N–C) groups is 1. The molecule has 0 aliphatic heterocycles. The molecule has 1 aromatic carbocycles. The Morgan fingerprint density at radius 2 is 2.00 bits per heavy atom. The molecule has 0 unspecified atom stereocenters. The zero-order valence-electron chi connectivity index (χ0n) is 13.5. The summed E-state index contributed by atoms with van der Waals surface area (Å²) in [4.78, 5) is 4.33. The Morgan fingerprint density at radius 3 is 2.55 bits per heavy atom. The van der Waals surface area contributed by atoms with E-state index in [4.69, 9.17) is 15.2 Å². The minimum absolute atomic E-state index is 0. The second-order valence-corrected chi connectivity index (χ2v) is 5.98. The summed E-state index contributed by atoms with van der Waals surface area (Å²) in [5.41, 5.74) is 6.84. The Morgan fingerprint density at radius 1 is 1.32 bits per heavy atom. The molecule has 0 bridgehead atoms. The molecule has 1 rings (SSSR count). The van der Waals surface area contributed by atoms with E-state index in [9.17, 15) is 0 Å². The third kappa shape index (κ3) is 7.04. The van der Waals surface area contributed by atoms with Crippen LogP contribution < -0.4 is 20.5 Å². The number of nitrogens with zero attached hydrogens (tertiary/aromatic N) is 1. The highest BCUT2D eigenvalue weighted by molar-refractivity contribution is 14.0. The third-order valence-electron chi connectivity index (χ3n) is 2.95. The number of halogens is 2. The van der Waals surface area contributed by atoms with Gasteiger partial charge in [-0.1, -0.05) is 13.8 Å². The molecule has 0 saturated heterocycles. The van der Waals surface area contributed by atoms with Crippen LogP contribution in [0.15, 0.2) is 21.6 Å². The van der Waals surface area contributed by atoms with Crippen LogP contribution in [0.25, 0.3) is 0 Å². The third-order valence-corrected chi connectivity index (χ3v) is 3.54. The molecule has 126 valence electrons. The summed E-state index contributed by atoms with van der Waals surface area (Å²) in [5, 5.41) is 3.11. The molecule has 0 heterocycles. The second-order valence-electron chi connectivity index (χ2n) is 5.12. The molecule has 22 heavy (non-hydrogen) atoms. The van der Waals surface area contributed by atoms with Gasteiger partial charge < -0.3 is 20.5 Å². The highest BCUT2D eigenvalue weighted by Gasteiger charge is 2.10. The summed E-state index contributed by atoms with van der Waals surface area (Å²) >= 11 is 3.46. The fraction of sp³-hybridized carbons (Fsp3) is 0.533. The smallest absolute Gasteiger partial charge is 0.188 e. The molecule has 0 aliphatic rings. The molecule has 1 aromatic rings. The molecule has 0 radical (unpaired) electrons. The molecule has 0 saturated carbocycles. The van der Waals surface area contributed by atoms with E-state index in [1.807, 2.05) is 12.1 Å². The summed E-state index contributed by atoms with van der Waals surface area (Å²) in [6.07, 6.45) is 1.07. The van der Waals surface area contributed by atoms with Crippen molar-refractivity contribution < 1.29 is 9.47 Å². The normalized spacial score (nSPS) is 11.1. The highest BCUT2D eigenvalue weighted by atomic mass is 127. The number of methoxy groups -OCH3 is 2. The molecule has 0 spiro atoms. The van der Waals surface area contributed by atoms with Crippen LogP contribution in [0.2, 0.25) is 0 Å². The standard InChI is InChI=1S/C15H24BrN3O2.HI/c1-10(2)5-6-18-15(17)19-9-11-7-12(16)14(21-4)13(8-11)20-3;/h7-8,10H,5-6,9H2,1-4H3,(H3,17,18,19);1H. The average molecular weight is 486 g/mol. The average Bonchev–Trinajstić information content (AvgIpc) is 2.44. The number of rotatable bonds is 7. The van der Waals surface area contributed by atoms with E-state index < -0.39 is 0 Å². The summed E-state index contributed by atoms with van der Waals surface area (Å²) in [5.74, 6) is 2.45. The quantitative estimate of drug-likeness (QED) is 0.352. The van der Waals surface area contributed by atoms with Gasteiger partial charge in [-0.3, -0.25) is 0 Å². The van der Waals surface area contributed by atoms with Crippen molar-refractivity contribution in [1.82, 2.24) is 5.32 Å². The minimum Gasteiger partial charge on any atom is -0.493 e. The van der Waals surface area contributed by atoms with Crippen LogP contribution in [-0.4, -0.2) is 26.7 Å². The summed E-state index contributed by atoms with van der Waals surface area (Å²) in [6, 6.07) is 3.85. The maximum Gasteiger partial charge on any atom is 0.188 e. The SMILES string of the molecule is COc1cc(CN=C(N)NCCC(C)C)cc(Br)c1OC.I. The van der Waals surface area contributed by atoms with Gasteiger partial charge in [-0.2, -0.15) is 0 Å². The van der Waals surface area contributed by atoms with Gasteiger partial charge in [0.15, 0.2) is 17.5 Å². The van der Waals surface area contributed by atoms with E-state index in [0.29, 0.717) is 29.9 Å². The lowest BCUT2D eigenvalue weighted by Crippen LogP contribution is -2.32. The molecule has 0 fully saturated rings. The Hall–Kier alpha value is -0.700. The van der Waals surface area contributed by atoms with Crippen LogP contribution in [0, 0.1) is 5.92 Å². The van der Waals surface area contributed by atoms with Crippen molar-refractivity contribution >= 4 is 45.9 Å². The Bertz CT molecular complexity index is 496. The predicted molar refractivity (Wildman–Crippen MR) is 105 cm³/mol.